The van der Waals surface area contributed by atoms with Crippen molar-refractivity contribution in [3.63, 3.8) is 0 Å². The fourth-order valence-corrected chi connectivity index (χ4v) is 3.71. The Hall–Kier alpha value is -2.86. The van der Waals surface area contributed by atoms with Crippen LogP contribution in [0.2, 0.25) is 0 Å². The maximum Gasteiger partial charge on any atom is 0.322 e. The Morgan fingerprint density at radius 3 is 2.70 bits per heavy atom. The third-order valence-corrected chi connectivity index (χ3v) is 5.13. The Morgan fingerprint density at radius 2 is 1.93 bits per heavy atom. The number of fused-ring (bicyclic) bond motifs is 1. The van der Waals surface area contributed by atoms with Crippen LogP contribution in [-0.4, -0.2) is 43.1 Å². The van der Waals surface area contributed by atoms with Crippen LogP contribution in [0.5, 0.6) is 0 Å². The molecule has 0 aromatic heterocycles. The SMILES string of the molecule is CC(=O)N1CCc2cc(NC(=O)N3CCO[C@H](c4ccccc4)C3)ccc21. The van der Waals surface area contributed by atoms with Crippen LogP contribution < -0.4 is 10.2 Å². The number of amides is 3. The van der Waals surface area contributed by atoms with E-state index in [1.807, 2.05) is 48.5 Å². The van der Waals surface area contributed by atoms with Crippen molar-refractivity contribution < 1.29 is 14.3 Å². The van der Waals surface area contributed by atoms with Gasteiger partial charge in [-0.15, -0.1) is 0 Å². The van der Waals surface area contributed by atoms with Crippen molar-refractivity contribution in [2.45, 2.75) is 19.4 Å². The molecule has 140 valence electrons. The third-order valence-electron chi connectivity index (χ3n) is 5.13. The lowest BCUT2D eigenvalue weighted by Crippen LogP contribution is -2.44. The van der Waals surface area contributed by atoms with Crippen LogP contribution >= 0.6 is 0 Å². The molecule has 3 amide bonds. The van der Waals surface area contributed by atoms with E-state index in [0.29, 0.717) is 26.2 Å². The second kappa shape index (κ2) is 7.40. The molecule has 0 radical (unpaired) electrons. The van der Waals surface area contributed by atoms with E-state index in [1.165, 1.54) is 0 Å². The number of carbonyl (C=O) groups is 2. The molecule has 0 bridgehead atoms. The Labute approximate surface area is 158 Å². The topological polar surface area (TPSA) is 61.9 Å². The van der Waals surface area contributed by atoms with Crippen LogP contribution in [-0.2, 0) is 16.0 Å². The van der Waals surface area contributed by atoms with Crippen LogP contribution in [0.1, 0.15) is 24.2 Å². The van der Waals surface area contributed by atoms with Crippen molar-refractivity contribution in [3.05, 3.63) is 59.7 Å². The first-order valence-corrected chi connectivity index (χ1v) is 9.25. The monoisotopic (exact) mass is 365 g/mol. The Bertz CT molecular complexity index is 853. The van der Waals surface area contributed by atoms with Gasteiger partial charge in [0.15, 0.2) is 0 Å². The van der Waals surface area contributed by atoms with E-state index in [1.54, 1.807) is 16.7 Å². The van der Waals surface area contributed by atoms with Crippen LogP contribution in [0.25, 0.3) is 0 Å². The first-order valence-electron chi connectivity index (χ1n) is 9.25. The summed E-state index contributed by atoms with van der Waals surface area (Å²) >= 11 is 0. The van der Waals surface area contributed by atoms with Gasteiger partial charge in [0.2, 0.25) is 5.91 Å². The summed E-state index contributed by atoms with van der Waals surface area (Å²) in [6, 6.07) is 15.6. The highest BCUT2D eigenvalue weighted by Crippen LogP contribution is 2.31. The van der Waals surface area contributed by atoms with E-state index >= 15 is 0 Å². The second-order valence-electron chi connectivity index (χ2n) is 6.91. The van der Waals surface area contributed by atoms with E-state index in [4.69, 9.17) is 4.74 Å². The highest BCUT2D eigenvalue weighted by Gasteiger charge is 2.26. The van der Waals surface area contributed by atoms with Crippen LogP contribution in [0.3, 0.4) is 0 Å². The summed E-state index contributed by atoms with van der Waals surface area (Å²) < 4.78 is 5.83. The van der Waals surface area contributed by atoms with Crippen molar-refractivity contribution >= 4 is 23.3 Å². The Kier molecular flexibility index (Phi) is 4.81. The number of carbonyl (C=O) groups excluding carboxylic acids is 2. The number of nitrogens with one attached hydrogen (secondary N) is 1. The van der Waals surface area contributed by atoms with Gasteiger partial charge in [0, 0.05) is 31.4 Å². The minimum absolute atomic E-state index is 0.0470. The number of hydrogen-bond donors (Lipinski definition) is 1. The first kappa shape index (κ1) is 17.5. The van der Waals surface area contributed by atoms with E-state index in [2.05, 4.69) is 5.32 Å². The maximum absolute atomic E-state index is 12.7. The minimum atomic E-state index is -0.124. The number of benzene rings is 2. The van der Waals surface area contributed by atoms with Crippen molar-refractivity contribution in [2.24, 2.45) is 0 Å². The molecule has 2 heterocycles. The van der Waals surface area contributed by atoms with Gasteiger partial charge < -0.3 is 19.9 Å². The molecule has 2 aromatic rings. The molecule has 1 atom stereocenters. The van der Waals surface area contributed by atoms with Gasteiger partial charge in [-0.3, -0.25) is 4.79 Å². The molecule has 4 rings (SSSR count). The van der Waals surface area contributed by atoms with Gasteiger partial charge in [0.25, 0.3) is 0 Å². The molecule has 2 aliphatic rings. The third kappa shape index (κ3) is 3.66. The van der Waals surface area contributed by atoms with Gasteiger partial charge >= 0.3 is 6.03 Å². The summed E-state index contributed by atoms with van der Waals surface area (Å²) in [6.07, 6.45) is 0.710. The largest absolute Gasteiger partial charge is 0.370 e. The van der Waals surface area contributed by atoms with Crippen molar-refractivity contribution in [1.82, 2.24) is 4.90 Å². The molecular weight excluding hydrogens is 342 g/mol. The maximum atomic E-state index is 12.7. The summed E-state index contributed by atoms with van der Waals surface area (Å²) in [5.74, 6) is 0.0470. The summed E-state index contributed by atoms with van der Waals surface area (Å²) in [4.78, 5) is 27.9. The lowest BCUT2D eigenvalue weighted by molar-refractivity contribution is -0.116. The normalized spacial score (nSPS) is 18.9. The number of hydrogen-bond acceptors (Lipinski definition) is 3. The number of ether oxygens (including phenoxy) is 1. The van der Waals surface area contributed by atoms with E-state index < -0.39 is 0 Å². The average Bonchev–Trinajstić information content (AvgIpc) is 3.12. The predicted molar refractivity (Wildman–Crippen MR) is 104 cm³/mol. The van der Waals surface area contributed by atoms with Gasteiger partial charge in [-0.05, 0) is 35.7 Å². The minimum Gasteiger partial charge on any atom is -0.370 e. The summed E-state index contributed by atoms with van der Waals surface area (Å²) in [7, 11) is 0. The lowest BCUT2D eigenvalue weighted by Gasteiger charge is -2.33. The summed E-state index contributed by atoms with van der Waals surface area (Å²) in [5, 5.41) is 2.99. The van der Waals surface area contributed by atoms with Gasteiger partial charge in [-0.25, -0.2) is 4.79 Å². The number of morpholine rings is 1. The van der Waals surface area contributed by atoms with Crippen molar-refractivity contribution in [2.75, 3.05) is 36.5 Å². The van der Waals surface area contributed by atoms with Crippen LogP contribution in [0, 0.1) is 0 Å². The second-order valence-corrected chi connectivity index (χ2v) is 6.91. The van der Waals surface area contributed by atoms with Crippen molar-refractivity contribution in [1.29, 1.82) is 0 Å². The molecule has 0 saturated carbocycles. The Balaban J connectivity index is 1.43. The molecule has 1 saturated heterocycles. The quantitative estimate of drug-likeness (QED) is 0.889. The molecular formula is C21H23N3O3. The molecule has 2 aliphatic heterocycles. The zero-order valence-electron chi connectivity index (χ0n) is 15.4. The molecule has 27 heavy (non-hydrogen) atoms. The standard InChI is InChI=1S/C21H23N3O3/c1-15(25)24-10-9-17-13-18(7-8-19(17)24)22-21(26)23-11-12-27-20(14-23)16-5-3-2-4-6-16/h2-8,13,20H,9-12,14H2,1H3,(H,22,26)/t20-/m0/s1. The molecule has 1 N–H and O–H groups in total. The fourth-order valence-electron chi connectivity index (χ4n) is 3.71. The zero-order chi connectivity index (χ0) is 18.8. The van der Waals surface area contributed by atoms with Crippen LogP contribution in [0.15, 0.2) is 48.5 Å². The number of rotatable bonds is 2. The lowest BCUT2D eigenvalue weighted by atomic mass is 10.1. The Morgan fingerprint density at radius 1 is 1.11 bits per heavy atom. The molecule has 0 aliphatic carbocycles. The van der Waals surface area contributed by atoms with Gasteiger partial charge in [-0.2, -0.15) is 0 Å². The van der Waals surface area contributed by atoms with Gasteiger partial charge in [0.1, 0.15) is 6.10 Å². The van der Waals surface area contributed by atoms with E-state index in [9.17, 15) is 9.59 Å². The van der Waals surface area contributed by atoms with E-state index in [0.717, 1.165) is 28.9 Å². The fraction of sp³-hybridized carbons (Fsp3) is 0.333. The molecule has 6 heteroatoms. The average molecular weight is 365 g/mol. The first-order chi connectivity index (χ1) is 13.1. The molecule has 2 aromatic carbocycles. The number of anilines is 2. The molecule has 0 unspecified atom stereocenters. The van der Waals surface area contributed by atoms with E-state index in [-0.39, 0.29) is 18.0 Å². The van der Waals surface area contributed by atoms with Gasteiger partial charge in [-0.1, -0.05) is 30.3 Å². The number of urea groups is 1. The zero-order valence-corrected chi connectivity index (χ0v) is 15.4. The highest BCUT2D eigenvalue weighted by molar-refractivity contribution is 5.95. The van der Waals surface area contributed by atoms with Gasteiger partial charge in [0.05, 0.1) is 13.2 Å². The highest BCUT2D eigenvalue weighted by atomic mass is 16.5. The van der Waals surface area contributed by atoms with Crippen molar-refractivity contribution in [3.8, 4) is 0 Å². The number of nitrogens with zero attached hydrogens (tertiary/aromatic N) is 2. The smallest absolute Gasteiger partial charge is 0.322 e. The molecule has 1 fully saturated rings. The summed E-state index contributed by atoms with van der Waals surface area (Å²) in [5.41, 5.74) is 3.87. The van der Waals surface area contributed by atoms with Crippen LogP contribution in [0.4, 0.5) is 16.2 Å². The molecule has 6 nitrogen and oxygen atoms in total. The predicted octanol–water partition coefficient (Wildman–Crippen LogP) is 3.20. The molecule has 0 spiro atoms. The summed E-state index contributed by atoms with van der Waals surface area (Å²) in [6.45, 7) is 3.89.